The number of imide groups is 1. The number of carbonyl (C=O) groups is 11. The maximum atomic E-state index is 15.6. The van der Waals surface area contributed by atoms with Crippen molar-refractivity contribution in [1.82, 2.24) is 50.9 Å². The number of esters is 1. The lowest BCUT2D eigenvalue weighted by Crippen LogP contribution is -2.61. The molecule has 1 saturated heterocycles. The Labute approximate surface area is 605 Å². The summed E-state index contributed by atoms with van der Waals surface area (Å²) in [7, 11) is 0. The zero-order valence-electron chi connectivity index (χ0n) is 61.9. The standard InChI is InChI=1S/C77H98N10O17/c1-16-99-70(95)59(35-45(2)3)80-63(88)39-78-65(90)56(36-46-29-31-49(32-30-46)102-75(7,8)9)81-68(93)60(43-101-74(4,5)6)84-66(91)57(37-47-40-86(72(97)104-77(13,14)15)61-28-22-21-23-50(47)61)82-67(92)58(38-48-41-85(44-79-48)71(96)103-76(10,11)12)83-69(94)62-33-34-64(89)87(62)73(98)100-42-55-53-26-19-17-24-51(53)52-25-18-20-27-54(52)55/h17-32,40-41,44-45,55-60,62H,16,33-39,42-43H2,1-15H3,(H,78,90)(H,80,88)(H,81,93)(H,82,92)(H,83,94)(H,84,91)/t56-,57-,58-,59-,60-,62-/m0/s1. The van der Waals surface area contributed by atoms with Crippen LogP contribution in [0.25, 0.3) is 22.0 Å². The largest absolute Gasteiger partial charge is 0.488 e. The molecule has 6 aromatic rings. The highest BCUT2D eigenvalue weighted by atomic mass is 16.6. The van der Waals surface area contributed by atoms with Crippen molar-refractivity contribution in [2.75, 3.05) is 26.4 Å². The Hall–Kier alpha value is -10.4. The number of fused-ring (bicyclic) bond motifs is 4. The normalized spacial score (nSPS) is 15.3. The molecule has 0 radical (unpaired) electrons. The van der Waals surface area contributed by atoms with E-state index >= 15 is 14.4 Å². The van der Waals surface area contributed by atoms with Crippen LogP contribution in [-0.4, -0.2) is 170 Å². The minimum absolute atomic E-state index is 0.0261. The third-order valence-electron chi connectivity index (χ3n) is 16.5. The summed E-state index contributed by atoms with van der Waals surface area (Å²) in [4.78, 5) is 163. The molecule has 6 N–H and O–H groups in total. The van der Waals surface area contributed by atoms with Gasteiger partial charge in [0.2, 0.25) is 41.4 Å². The van der Waals surface area contributed by atoms with Crippen molar-refractivity contribution < 1.29 is 81.2 Å². The number of rotatable bonds is 27. The van der Waals surface area contributed by atoms with Gasteiger partial charge in [0.15, 0.2) is 0 Å². The number of imidazole rings is 1. The second-order valence-corrected chi connectivity index (χ2v) is 30.3. The molecule has 558 valence electrons. The summed E-state index contributed by atoms with van der Waals surface area (Å²) in [5.41, 5.74) is 1.63. The van der Waals surface area contributed by atoms with E-state index in [0.717, 1.165) is 38.0 Å². The lowest BCUT2D eigenvalue weighted by atomic mass is 9.98. The van der Waals surface area contributed by atoms with Gasteiger partial charge in [0.1, 0.15) is 71.7 Å². The number of hydrogen-bond donors (Lipinski definition) is 6. The summed E-state index contributed by atoms with van der Waals surface area (Å²) in [6.45, 7) is 24.9. The van der Waals surface area contributed by atoms with Gasteiger partial charge in [-0.15, -0.1) is 0 Å². The van der Waals surface area contributed by atoms with Crippen molar-refractivity contribution in [2.45, 2.75) is 207 Å². The van der Waals surface area contributed by atoms with E-state index in [4.69, 9.17) is 28.4 Å². The van der Waals surface area contributed by atoms with Crippen molar-refractivity contribution in [3.63, 3.8) is 0 Å². The van der Waals surface area contributed by atoms with E-state index in [1.54, 1.807) is 118 Å². The Morgan fingerprint density at radius 2 is 1.14 bits per heavy atom. The lowest BCUT2D eigenvalue weighted by Gasteiger charge is -2.29. The molecule has 8 amide bonds. The van der Waals surface area contributed by atoms with Crippen LogP contribution in [0.3, 0.4) is 0 Å². The van der Waals surface area contributed by atoms with Gasteiger partial charge >= 0.3 is 24.2 Å². The summed E-state index contributed by atoms with van der Waals surface area (Å²) in [6.07, 6.45) is -0.0428. The van der Waals surface area contributed by atoms with Crippen LogP contribution in [0.1, 0.15) is 157 Å². The summed E-state index contributed by atoms with van der Waals surface area (Å²) in [5.74, 6) is -6.80. The number of ether oxygens (including phenoxy) is 6. The predicted molar refractivity (Wildman–Crippen MR) is 385 cm³/mol. The third-order valence-corrected chi connectivity index (χ3v) is 16.5. The van der Waals surface area contributed by atoms with E-state index in [2.05, 4.69) is 36.9 Å². The minimum atomic E-state index is -1.73. The first kappa shape index (κ1) is 79.3. The number of aromatic nitrogens is 3. The van der Waals surface area contributed by atoms with Crippen molar-refractivity contribution in [3.05, 3.63) is 144 Å². The first-order valence-corrected chi connectivity index (χ1v) is 35.0. The van der Waals surface area contributed by atoms with Crippen LogP contribution >= 0.6 is 0 Å². The molecule has 104 heavy (non-hydrogen) atoms. The fourth-order valence-electron chi connectivity index (χ4n) is 12.0. The highest BCUT2D eigenvalue weighted by Gasteiger charge is 2.44. The molecular weight excluding hydrogens is 1340 g/mol. The molecule has 27 heteroatoms. The van der Waals surface area contributed by atoms with Gasteiger partial charge in [0.25, 0.3) is 0 Å². The molecule has 4 aromatic carbocycles. The van der Waals surface area contributed by atoms with E-state index < -0.39 is 156 Å². The fourth-order valence-corrected chi connectivity index (χ4v) is 12.0. The highest BCUT2D eigenvalue weighted by Crippen LogP contribution is 2.45. The second kappa shape index (κ2) is 33.8. The zero-order valence-corrected chi connectivity index (χ0v) is 61.9. The van der Waals surface area contributed by atoms with Crippen molar-refractivity contribution in [2.24, 2.45) is 5.92 Å². The second-order valence-electron chi connectivity index (χ2n) is 30.3. The summed E-state index contributed by atoms with van der Waals surface area (Å²) in [6, 6.07) is 19.8. The van der Waals surface area contributed by atoms with Crippen molar-refractivity contribution >= 4 is 76.5 Å². The van der Waals surface area contributed by atoms with Gasteiger partial charge in [-0.05, 0) is 160 Å². The maximum Gasteiger partial charge on any atom is 0.419 e. The van der Waals surface area contributed by atoms with Gasteiger partial charge in [-0.3, -0.25) is 38.1 Å². The van der Waals surface area contributed by atoms with Gasteiger partial charge in [-0.25, -0.2) is 33.6 Å². The average molecular weight is 1440 g/mol. The SMILES string of the molecule is CCOC(=O)[C@H](CC(C)C)NC(=O)CNC(=O)[C@H](Cc1ccc(OC(C)(C)C)cc1)NC(=O)[C@H](COC(C)(C)C)NC(=O)[C@H](Cc1cn(C(=O)OC(C)(C)C)c2ccccc12)NC(=O)[C@H](Cc1cn(C(=O)OC(C)(C)C)cn1)NC(=O)[C@@H]1CCC(=O)N1C(=O)OCC1c2ccccc2-c2ccccc21. The Morgan fingerprint density at radius 3 is 1.74 bits per heavy atom. The van der Waals surface area contributed by atoms with Gasteiger partial charge in [0, 0.05) is 49.4 Å². The van der Waals surface area contributed by atoms with Crippen LogP contribution in [0.4, 0.5) is 14.4 Å². The van der Waals surface area contributed by atoms with Gasteiger partial charge < -0.3 is 60.3 Å². The topological polar surface area (TPSA) is 341 Å². The highest BCUT2D eigenvalue weighted by molar-refractivity contribution is 6.03. The maximum absolute atomic E-state index is 15.6. The molecule has 2 aliphatic rings. The van der Waals surface area contributed by atoms with Crippen molar-refractivity contribution in [1.29, 1.82) is 0 Å². The van der Waals surface area contributed by atoms with E-state index in [1.807, 2.05) is 83.1 Å². The van der Waals surface area contributed by atoms with Crippen LogP contribution in [0.2, 0.25) is 0 Å². The smallest absolute Gasteiger partial charge is 0.419 e. The van der Waals surface area contributed by atoms with Gasteiger partial charge in [-0.2, -0.15) is 0 Å². The zero-order chi connectivity index (χ0) is 76.2. The number of benzene rings is 4. The van der Waals surface area contributed by atoms with E-state index in [9.17, 15) is 38.4 Å². The van der Waals surface area contributed by atoms with Crippen LogP contribution in [0.15, 0.2) is 116 Å². The molecule has 0 unspecified atom stereocenters. The van der Waals surface area contributed by atoms with Gasteiger partial charge in [-0.1, -0.05) is 92.7 Å². The van der Waals surface area contributed by atoms with E-state index in [-0.39, 0.29) is 50.5 Å². The van der Waals surface area contributed by atoms with Crippen LogP contribution in [0, 0.1) is 5.92 Å². The molecule has 8 rings (SSSR count). The van der Waals surface area contributed by atoms with Crippen molar-refractivity contribution in [3.8, 4) is 16.9 Å². The van der Waals surface area contributed by atoms with Gasteiger partial charge in [0.05, 0.1) is 36.6 Å². The van der Waals surface area contributed by atoms with Crippen LogP contribution in [-0.2, 0) is 81.3 Å². The summed E-state index contributed by atoms with van der Waals surface area (Å²) >= 11 is 0. The Bertz CT molecular complexity index is 4090. The third kappa shape index (κ3) is 22.0. The molecule has 27 nitrogen and oxygen atoms in total. The Balaban J connectivity index is 1.13. The molecule has 1 aliphatic heterocycles. The first-order chi connectivity index (χ1) is 48.8. The molecule has 0 saturated carbocycles. The quantitative estimate of drug-likeness (QED) is 0.0208. The molecule has 0 spiro atoms. The minimum Gasteiger partial charge on any atom is -0.488 e. The summed E-state index contributed by atoms with van der Waals surface area (Å²) < 4.78 is 37.0. The Morgan fingerprint density at radius 1 is 0.577 bits per heavy atom. The van der Waals surface area contributed by atoms with E-state index in [1.165, 1.54) is 17.0 Å². The number of amides is 8. The number of nitrogens with one attached hydrogen (secondary N) is 6. The van der Waals surface area contributed by atoms with Crippen LogP contribution in [0.5, 0.6) is 5.75 Å². The Kier molecular flexibility index (Phi) is 25.7. The van der Waals surface area contributed by atoms with Crippen LogP contribution < -0.4 is 36.6 Å². The molecule has 3 heterocycles. The molecule has 2 aromatic heterocycles. The number of para-hydroxylation sites is 1. The lowest BCUT2D eigenvalue weighted by molar-refractivity contribution is -0.147. The first-order valence-electron chi connectivity index (χ1n) is 35.0. The molecular formula is C77H98N10O17. The fraction of sp³-hybridized carbons (Fsp3) is 0.481. The van der Waals surface area contributed by atoms with E-state index in [0.29, 0.717) is 27.8 Å². The monoisotopic (exact) mass is 1430 g/mol. The molecule has 1 aliphatic carbocycles. The molecule has 0 bridgehead atoms. The summed E-state index contributed by atoms with van der Waals surface area (Å²) in [5, 5.41) is 16.7. The average Bonchev–Trinajstić information content (AvgIpc) is 1.62. The number of nitrogens with zero attached hydrogens (tertiary/aromatic N) is 4. The molecule has 1 fully saturated rings. The number of hydrogen-bond acceptors (Lipinski definition) is 18. The number of carbonyl (C=O) groups excluding carboxylic acids is 11. The number of likely N-dealkylation sites (tertiary alicyclic amines) is 1. The molecule has 6 atom stereocenters. The predicted octanol–water partition coefficient (Wildman–Crippen LogP) is 8.51.